The molecule has 0 aliphatic rings. The average Bonchev–Trinajstić information content (AvgIpc) is 3.03. The van der Waals surface area contributed by atoms with Crippen LogP contribution in [0.25, 0.3) is 0 Å². The van der Waals surface area contributed by atoms with Crippen LogP contribution >= 0.6 is 0 Å². The average molecular weight is 402 g/mol. The van der Waals surface area contributed by atoms with Crippen LogP contribution in [0.15, 0.2) is 53.1 Å². The maximum atomic E-state index is 12.5. The number of aryl methyl sites for hydroxylation is 2. The second-order valence-corrected chi connectivity index (χ2v) is 6.29. The molecule has 2 aromatic carbocycles. The second-order valence-electron chi connectivity index (χ2n) is 6.29. The summed E-state index contributed by atoms with van der Waals surface area (Å²) < 4.78 is 40.3. The lowest BCUT2D eigenvalue weighted by Gasteiger charge is -2.12. The number of hydrogen-bond donors (Lipinski definition) is 1. The maximum absolute atomic E-state index is 12.5. The third kappa shape index (κ3) is 5.31. The van der Waals surface area contributed by atoms with Gasteiger partial charge in [0.05, 0.1) is 11.3 Å². The molecule has 0 atom stereocenters. The number of hydrogen-bond acceptors (Lipinski definition) is 5. The number of alkyl halides is 2. The zero-order chi connectivity index (χ0) is 20.8. The number of halogens is 2. The summed E-state index contributed by atoms with van der Waals surface area (Å²) in [6.07, 6.45) is 0. The molecule has 0 unspecified atom stereocenters. The molecule has 1 heterocycles. The van der Waals surface area contributed by atoms with Gasteiger partial charge in [-0.05, 0) is 38.1 Å². The lowest BCUT2D eigenvalue weighted by atomic mass is 10.1. The van der Waals surface area contributed by atoms with Crippen molar-refractivity contribution in [1.82, 2.24) is 10.5 Å². The molecule has 8 heteroatoms. The van der Waals surface area contributed by atoms with Gasteiger partial charge in [-0.15, -0.1) is 0 Å². The van der Waals surface area contributed by atoms with E-state index in [1.165, 1.54) is 6.07 Å². The topological polar surface area (TPSA) is 73.6 Å². The van der Waals surface area contributed by atoms with Crippen LogP contribution in [0, 0.1) is 13.8 Å². The summed E-state index contributed by atoms with van der Waals surface area (Å²) in [5, 5.41) is 6.58. The number of carbonyl (C=O) groups is 1. The summed E-state index contributed by atoms with van der Waals surface area (Å²) in [5.41, 5.74) is 2.44. The van der Waals surface area contributed by atoms with Crippen molar-refractivity contribution in [3.63, 3.8) is 0 Å². The lowest BCUT2D eigenvalue weighted by Crippen LogP contribution is -2.23. The minimum Gasteiger partial charge on any atom is -0.489 e. The highest BCUT2D eigenvalue weighted by Crippen LogP contribution is 2.21. The number of amides is 1. The summed E-state index contributed by atoms with van der Waals surface area (Å²) in [5.74, 6) is 0.860. The van der Waals surface area contributed by atoms with Gasteiger partial charge in [0.1, 0.15) is 23.9 Å². The predicted octanol–water partition coefficient (Wildman–Crippen LogP) is 4.40. The van der Waals surface area contributed by atoms with E-state index >= 15 is 0 Å². The molecule has 0 aliphatic heterocycles. The van der Waals surface area contributed by atoms with E-state index in [1.807, 2.05) is 6.92 Å². The van der Waals surface area contributed by atoms with Crippen molar-refractivity contribution >= 4 is 5.91 Å². The molecule has 3 rings (SSSR count). The zero-order valence-corrected chi connectivity index (χ0v) is 15.9. The predicted molar refractivity (Wildman–Crippen MR) is 101 cm³/mol. The first-order valence-electron chi connectivity index (χ1n) is 8.89. The van der Waals surface area contributed by atoms with Crippen LogP contribution in [0.5, 0.6) is 11.5 Å². The smallest absolute Gasteiger partial charge is 0.387 e. The van der Waals surface area contributed by atoms with Crippen LogP contribution in [-0.4, -0.2) is 17.7 Å². The standard InChI is InChI=1S/C21H20F2N2O4/c1-13-18(14(2)29-25-13)12-27-17-8-5-7-15(10-17)20(26)24-11-16-6-3-4-9-19(16)28-21(22)23/h3-10,21H,11-12H2,1-2H3,(H,24,26). The van der Waals surface area contributed by atoms with Crippen LogP contribution in [0.3, 0.4) is 0 Å². The van der Waals surface area contributed by atoms with Crippen molar-refractivity contribution < 1.29 is 27.6 Å². The van der Waals surface area contributed by atoms with Crippen LogP contribution in [0.1, 0.15) is 32.9 Å². The third-order valence-corrected chi connectivity index (χ3v) is 4.29. The molecule has 0 radical (unpaired) electrons. The van der Waals surface area contributed by atoms with Gasteiger partial charge in [0.15, 0.2) is 0 Å². The molecule has 3 aromatic rings. The molecule has 0 saturated heterocycles. The van der Waals surface area contributed by atoms with E-state index in [1.54, 1.807) is 49.4 Å². The summed E-state index contributed by atoms with van der Waals surface area (Å²) in [6.45, 7) is 1.02. The fourth-order valence-corrected chi connectivity index (χ4v) is 2.73. The summed E-state index contributed by atoms with van der Waals surface area (Å²) >= 11 is 0. The van der Waals surface area contributed by atoms with Crippen LogP contribution in [0.4, 0.5) is 8.78 Å². The van der Waals surface area contributed by atoms with Gasteiger partial charge in [-0.25, -0.2) is 0 Å². The minimum absolute atomic E-state index is 0.0272. The van der Waals surface area contributed by atoms with Crippen molar-refractivity contribution in [2.45, 2.75) is 33.6 Å². The Labute approximate surface area is 166 Å². The highest BCUT2D eigenvalue weighted by Gasteiger charge is 2.13. The van der Waals surface area contributed by atoms with E-state index in [0.717, 1.165) is 11.3 Å². The highest BCUT2D eigenvalue weighted by atomic mass is 19.3. The first kappa shape index (κ1) is 20.3. The van der Waals surface area contributed by atoms with Gasteiger partial charge in [0.2, 0.25) is 0 Å². The molecular formula is C21H20F2N2O4. The SMILES string of the molecule is Cc1noc(C)c1COc1cccc(C(=O)NCc2ccccc2OC(F)F)c1. The summed E-state index contributed by atoms with van der Waals surface area (Å²) in [7, 11) is 0. The number of rotatable bonds is 8. The Hall–Kier alpha value is -3.42. The van der Waals surface area contributed by atoms with E-state index in [0.29, 0.717) is 22.6 Å². The van der Waals surface area contributed by atoms with E-state index in [9.17, 15) is 13.6 Å². The maximum Gasteiger partial charge on any atom is 0.387 e. The second kappa shape index (κ2) is 9.18. The van der Waals surface area contributed by atoms with Crippen molar-refractivity contribution in [2.75, 3.05) is 0 Å². The Morgan fingerprint density at radius 1 is 1.17 bits per heavy atom. The highest BCUT2D eigenvalue weighted by molar-refractivity contribution is 5.94. The Morgan fingerprint density at radius 3 is 2.69 bits per heavy atom. The molecule has 0 aliphatic carbocycles. The lowest BCUT2D eigenvalue weighted by molar-refractivity contribution is -0.0504. The van der Waals surface area contributed by atoms with Gasteiger partial charge >= 0.3 is 6.61 Å². The van der Waals surface area contributed by atoms with Gasteiger partial charge < -0.3 is 19.3 Å². The molecule has 0 saturated carbocycles. The minimum atomic E-state index is -2.93. The first-order chi connectivity index (χ1) is 13.9. The molecule has 1 N–H and O–H groups in total. The van der Waals surface area contributed by atoms with Crippen LogP contribution < -0.4 is 14.8 Å². The largest absolute Gasteiger partial charge is 0.489 e. The van der Waals surface area contributed by atoms with Gasteiger partial charge in [0.25, 0.3) is 5.91 Å². The number of nitrogens with zero attached hydrogens (tertiary/aromatic N) is 1. The first-order valence-corrected chi connectivity index (χ1v) is 8.89. The molecule has 152 valence electrons. The van der Waals surface area contributed by atoms with Crippen molar-refractivity contribution in [2.24, 2.45) is 0 Å². The van der Waals surface area contributed by atoms with Crippen molar-refractivity contribution in [3.05, 3.63) is 76.7 Å². The fourth-order valence-electron chi connectivity index (χ4n) is 2.73. The van der Waals surface area contributed by atoms with Crippen molar-refractivity contribution in [1.29, 1.82) is 0 Å². The van der Waals surface area contributed by atoms with E-state index in [2.05, 4.69) is 15.2 Å². The van der Waals surface area contributed by atoms with E-state index in [-0.39, 0.29) is 24.8 Å². The van der Waals surface area contributed by atoms with Gasteiger partial charge in [-0.3, -0.25) is 4.79 Å². The number of para-hydroxylation sites is 1. The molecule has 0 spiro atoms. The quantitative estimate of drug-likeness (QED) is 0.605. The number of aromatic nitrogens is 1. The van der Waals surface area contributed by atoms with Crippen LogP contribution in [-0.2, 0) is 13.2 Å². The van der Waals surface area contributed by atoms with E-state index in [4.69, 9.17) is 9.26 Å². The molecule has 1 amide bonds. The summed E-state index contributed by atoms with van der Waals surface area (Å²) in [4.78, 5) is 12.5. The number of carbonyl (C=O) groups excluding carboxylic acids is 1. The fraction of sp³-hybridized carbons (Fsp3) is 0.238. The number of benzene rings is 2. The Morgan fingerprint density at radius 2 is 1.97 bits per heavy atom. The zero-order valence-electron chi connectivity index (χ0n) is 15.9. The molecule has 0 bridgehead atoms. The van der Waals surface area contributed by atoms with Gasteiger partial charge in [0, 0.05) is 17.7 Å². The van der Waals surface area contributed by atoms with Gasteiger partial charge in [-0.2, -0.15) is 8.78 Å². The molecule has 1 aromatic heterocycles. The Kier molecular flexibility index (Phi) is 6.43. The summed E-state index contributed by atoms with van der Waals surface area (Å²) in [6, 6.07) is 13.0. The Bertz CT molecular complexity index is 969. The molecule has 6 nitrogen and oxygen atoms in total. The van der Waals surface area contributed by atoms with Crippen molar-refractivity contribution in [3.8, 4) is 11.5 Å². The molecule has 0 fully saturated rings. The Balaban J connectivity index is 1.63. The number of ether oxygens (including phenoxy) is 2. The normalized spacial score (nSPS) is 10.8. The van der Waals surface area contributed by atoms with Gasteiger partial charge in [-0.1, -0.05) is 29.4 Å². The molecular weight excluding hydrogens is 382 g/mol. The molecule has 29 heavy (non-hydrogen) atoms. The number of nitrogens with one attached hydrogen (secondary N) is 1. The monoisotopic (exact) mass is 402 g/mol. The third-order valence-electron chi connectivity index (χ3n) is 4.29. The van der Waals surface area contributed by atoms with E-state index < -0.39 is 6.61 Å². The van der Waals surface area contributed by atoms with Crippen LogP contribution in [0.2, 0.25) is 0 Å².